The highest BCUT2D eigenvalue weighted by atomic mass is 35.5. The summed E-state index contributed by atoms with van der Waals surface area (Å²) >= 11 is 17.2. The average molecular weight is 1030 g/mol. The molecule has 1 saturated heterocycles. The van der Waals surface area contributed by atoms with Gasteiger partial charge in [0.05, 0.1) is 24.0 Å². The maximum atomic E-state index is 12.0. The molecule has 2 N–H and O–H groups in total. The van der Waals surface area contributed by atoms with Gasteiger partial charge in [0.15, 0.2) is 10.3 Å². The highest BCUT2D eigenvalue weighted by molar-refractivity contribution is 6.34. The van der Waals surface area contributed by atoms with Crippen LogP contribution in [0.5, 0.6) is 0 Å². The standard InChI is InChI=1S/C23H4.C22H2.C11H11ClN4O2.C7H3Cl2N3O/c1-3-5-7-9-11-13-15-17-19-21-23-22-20-18-16-14-12-10-8-6-4-2;1-3-5-7-9-11-13-15-17-19-21-22-20-18-16-14-12-10-8-6-4-2;12-9-8-7(1-2-13-9)10(17)15-11(14-8)16-3-5-18-6-4-16;8-5-4-3(1-2-10-5)6(13)12-7(9)11-4/h1H,2H3;1-2H;1-2H,3-6H2,(H,14,15,17);1-2H,(H,11,12,13). The third-order valence-electron chi connectivity index (χ3n) is 6.96. The van der Waals surface area contributed by atoms with E-state index in [0.29, 0.717) is 54.1 Å². The number of hydrogen-bond acceptors (Lipinski definition) is 8. The van der Waals surface area contributed by atoms with Gasteiger partial charge in [-0.3, -0.25) is 19.6 Å². The van der Waals surface area contributed by atoms with E-state index < -0.39 is 0 Å². The fourth-order valence-corrected chi connectivity index (χ4v) is 4.72. The topological polar surface area (TPSA) is 130 Å². The van der Waals surface area contributed by atoms with Gasteiger partial charge in [0.1, 0.15) is 11.0 Å². The van der Waals surface area contributed by atoms with Gasteiger partial charge in [-0.2, -0.15) is 0 Å². The zero-order chi connectivity index (χ0) is 54.9. The maximum absolute atomic E-state index is 12.0. The number of nitrogens with zero attached hydrogens (tertiary/aromatic N) is 5. The number of nitrogens with one attached hydrogen (secondary N) is 2. The van der Waals surface area contributed by atoms with Crippen molar-refractivity contribution >= 4 is 62.6 Å². The molecule has 4 aromatic rings. The summed E-state index contributed by atoms with van der Waals surface area (Å²) in [6.45, 7) is 4.35. The molecule has 0 unspecified atom stereocenters. The molecule has 346 valence electrons. The molecule has 0 aromatic carbocycles. The number of pyridine rings is 2. The van der Waals surface area contributed by atoms with Crippen LogP contribution in [0.25, 0.3) is 21.8 Å². The zero-order valence-electron chi connectivity index (χ0n) is 39.0. The third-order valence-corrected chi connectivity index (χ3v) is 7.69. The van der Waals surface area contributed by atoms with Crippen molar-refractivity contribution in [2.24, 2.45) is 0 Å². The third kappa shape index (κ3) is 27.5. The van der Waals surface area contributed by atoms with Gasteiger partial charge in [-0.05, 0) is 220 Å². The summed E-state index contributed by atoms with van der Waals surface area (Å²) < 4.78 is 5.26. The summed E-state index contributed by atoms with van der Waals surface area (Å²) in [7, 11) is 0. The van der Waals surface area contributed by atoms with E-state index in [0.717, 1.165) is 0 Å². The number of aromatic nitrogens is 6. The lowest BCUT2D eigenvalue weighted by Crippen LogP contribution is -2.38. The zero-order valence-corrected chi connectivity index (χ0v) is 41.2. The molecule has 76 heavy (non-hydrogen) atoms. The van der Waals surface area contributed by atoms with E-state index in [1.807, 2.05) is 4.90 Å². The van der Waals surface area contributed by atoms with E-state index in [1.165, 1.54) is 18.5 Å². The molecule has 1 aliphatic heterocycles. The van der Waals surface area contributed by atoms with Crippen LogP contribution in [0.1, 0.15) is 6.92 Å². The van der Waals surface area contributed by atoms with Gasteiger partial charge in [0, 0.05) is 72.8 Å². The van der Waals surface area contributed by atoms with Crippen LogP contribution in [-0.4, -0.2) is 56.2 Å². The summed E-state index contributed by atoms with van der Waals surface area (Å²) in [4.78, 5) is 46.3. The van der Waals surface area contributed by atoms with Crippen LogP contribution in [-0.2, 0) is 4.74 Å². The van der Waals surface area contributed by atoms with Crippen molar-refractivity contribution in [2.45, 2.75) is 6.92 Å². The molecule has 0 spiro atoms. The first-order valence-electron chi connectivity index (χ1n) is 20.1. The summed E-state index contributed by atoms with van der Waals surface area (Å²) in [5.41, 5.74) is 0.229. The Kier molecular flexibility index (Phi) is 31.7. The second-order valence-corrected chi connectivity index (χ2v) is 12.7. The van der Waals surface area contributed by atoms with Crippen LogP contribution >= 0.6 is 34.8 Å². The van der Waals surface area contributed by atoms with Gasteiger partial charge in [0.2, 0.25) is 11.2 Å². The summed E-state index contributed by atoms with van der Waals surface area (Å²) in [6, 6.07) is 3.14. The minimum absolute atomic E-state index is 0.00685. The Bertz CT molecular complexity index is 4410. The number of morpholine rings is 1. The molecule has 1 aliphatic rings. The van der Waals surface area contributed by atoms with Crippen LogP contribution in [0.4, 0.5) is 5.95 Å². The van der Waals surface area contributed by atoms with Gasteiger partial charge < -0.3 is 9.64 Å². The van der Waals surface area contributed by atoms with Crippen molar-refractivity contribution in [3.8, 4) is 262 Å². The Balaban J connectivity index is 0.000000352. The normalized spacial score (nSPS) is 7.88. The van der Waals surface area contributed by atoms with E-state index in [2.05, 4.69) is 273 Å². The first kappa shape index (κ1) is 59.7. The van der Waals surface area contributed by atoms with Gasteiger partial charge in [-0.1, -0.05) is 29.1 Å². The number of ether oxygens (including phenoxy) is 1. The molecule has 0 radical (unpaired) electrons. The van der Waals surface area contributed by atoms with E-state index in [4.69, 9.17) is 58.8 Å². The van der Waals surface area contributed by atoms with Crippen molar-refractivity contribution in [3.63, 3.8) is 0 Å². The molecule has 5 heterocycles. The lowest BCUT2D eigenvalue weighted by Gasteiger charge is -2.27. The van der Waals surface area contributed by atoms with Crippen LogP contribution in [0.3, 0.4) is 0 Å². The molecule has 0 aliphatic carbocycles. The predicted octanol–water partition coefficient (Wildman–Crippen LogP) is 3.39. The summed E-state index contributed by atoms with van der Waals surface area (Å²) in [6.07, 6.45) is 17.6. The molecule has 1 fully saturated rings. The van der Waals surface area contributed by atoms with Crippen molar-refractivity contribution in [1.82, 2.24) is 29.9 Å². The molecule has 13 heteroatoms. The fourth-order valence-electron chi connectivity index (χ4n) is 4.15. The number of hydrogen-bond donors (Lipinski definition) is 2. The minimum Gasteiger partial charge on any atom is -0.378 e. The lowest BCUT2D eigenvalue weighted by atomic mass is 10.3. The monoisotopic (exact) mass is 1030 g/mol. The average Bonchev–Trinajstić information content (AvgIpc) is 3.43. The molecule has 0 amide bonds. The number of anilines is 1. The molecule has 5 rings (SSSR count). The number of halogens is 3. The van der Waals surface area contributed by atoms with Gasteiger partial charge in [0.25, 0.3) is 11.1 Å². The van der Waals surface area contributed by atoms with E-state index in [1.54, 1.807) is 13.0 Å². The Morgan fingerprint density at radius 3 is 1.05 bits per heavy atom. The van der Waals surface area contributed by atoms with Crippen LogP contribution < -0.4 is 16.0 Å². The SMILES string of the molecule is C#CC#CC#CC#CC#CC#CC#CC#CC#CC#CC#C.C#CC#CC#CC#CC#CC#CC#CC#CC#CC#CC#CC.O=c1[nH]c(Cl)nc2c(Cl)nccc12.O=c1[nH]c(N2CCOCC2)nc2c(Cl)nccc12. The van der Waals surface area contributed by atoms with Gasteiger partial charge >= 0.3 is 0 Å². The quantitative estimate of drug-likeness (QED) is 0.169. The summed E-state index contributed by atoms with van der Waals surface area (Å²) in [5, 5.41) is 1.25. The smallest absolute Gasteiger partial charge is 0.260 e. The first-order chi connectivity index (χ1) is 37.3. The predicted molar refractivity (Wildman–Crippen MR) is 298 cm³/mol. The van der Waals surface area contributed by atoms with Crippen LogP contribution in [0.15, 0.2) is 34.1 Å². The number of H-pyrrole nitrogens is 2. The maximum Gasteiger partial charge on any atom is 0.260 e. The number of rotatable bonds is 1. The van der Waals surface area contributed by atoms with E-state index >= 15 is 0 Å². The highest BCUT2D eigenvalue weighted by Crippen LogP contribution is 2.19. The molecule has 0 saturated carbocycles. The lowest BCUT2D eigenvalue weighted by molar-refractivity contribution is 0.122. The second kappa shape index (κ2) is 40.4. The Labute approximate surface area is 455 Å². The Morgan fingerprint density at radius 2 is 0.737 bits per heavy atom. The van der Waals surface area contributed by atoms with E-state index in [-0.39, 0.29) is 26.7 Å². The highest BCUT2D eigenvalue weighted by Gasteiger charge is 2.16. The molecular formula is C63H20Cl3N7O3. The molecular weight excluding hydrogens is 1010 g/mol. The fraction of sp³-hybridized carbons (Fsp3) is 0.0794. The Hall–Kier alpha value is -12.5. The number of terminal acetylenes is 3. The molecule has 10 nitrogen and oxygen atoms in total. The minimum atomic E-state index is -0.320. The van der Waals surface area contributed by atoms with Gasteiger partial charge in [-0.25, -0.2) is 19.9 Å². The second-order valence-electron chi connectivity index (χ2n) is 11.6. The van der Waals surface area contributed by atoms with Gasteiger partial charge in [-0.15, -0.1) is 19.3 Å². The van der Waals surface area contributed by atoms with Crippen molar-refractivity contribution in [3.05, 3.63) is 60.8 Å². The largest absolute Gasteiger partial charge is 0.378 e. The number of aromatic amines is 2. The van der Waals surface area contributed by atoms with Crippen molar-refractivity contribution in [1.29, 1.82) is 0 Å². The molecule has 4 aromatic heterocycles. The van der Waals surface area contributed by atoms with Crippen LogP contribution in [0.2, 0.25) is 15.6 Å². The van der Waals surface area contributed by atoms with Crippen molar-refractivity contribution in [2.75, 3.05) is 31.2 Å². The van der Waals surface area contributed by atoms with Crippen molar-refractivity contribution < 1.29 is 4.74 Å². The van der Waals surface area contributed by atoms with E-state index in [9.17, 15) is 9.59 Å². The molecule has 0 bridgehead atoms. The van der Waals surface area contributed by atoms with Crippen LogP contribution in [0, 0.1) is 262 Å². The Morgan fingerprint density at radius 1 is 0.447 bits per heavy atom. The number of fused-ring (bicyclic) bond motifs is 2. The first-order valence-corrected chi connectivity index (χ1v) is 21.3. The molecule has 0 atom stereocenters. The summed E-state index contributed by atoms with van der Waals surface area (Å²) in [5.74, 6) is 101.